The van der Waals surface area contributed by atoms with Crippen LogP contribution in [0.2, 0.25) is 0 Å². The third-order valence-corrected chi connectivity index (χ3v) is 4.99. The maximum absolute atomic E-state index is 6.18. The SMILES string of the molecule is CN=C(NCc1ccc(N(C)C)cc1)NCc1ccc(C)cc1OC1CCOC1.I. The van der Waals surface area contributed by atoms with Crippen LogP contribution in [0.4, 0.5) is 5.69 Å². The number of guanidine groups is 1. The Balaban J connectivity index is 0.00000320. The van der Waals surface area contributed by atoms with E-state index in [1.807, 2.05) is 14.1 Å². The van der Waals surface area contributed by atoms with Crippen LogP contribution in [0.15, 0.2) is 47.5 Å². The van der Waals surface area contributed by atoms with Gasteiger partial charge in [-0.2, -0.15) is 0 Å². The predicted molar refractivity (Wildman–Crippen MR) is 134 cm³/mol. The van der Waals surface area contributed by atoms with Crippen molar-refractivity contribution >= 4 is 35.6 Å². The Bertz CT molecular complexity index is 818. The van der Waals surface area contributed by atoms with Gasteiger partial charge in [-0.05, 0) is 36.2 Å². The molecule has 1 saturated heterocycles. The van der Waals surface area contributed by atoms with Crippen molar-refractivity contribution < 1.29 is 9.47 Å². The molecular weight excluding hydrogens is 491 g/mol. The second-order valence-electron chi connectivity index (χ2n) is 7.55. The third kappa shape index (κ3) is 7.05. The number of anilines is 1. The van der Waals surface area contributed by atoms with Crippen molar-refractivity contribution in [2.24, 2.45) is 4.99 Å². The van der Waals surface area contributed by atoms with Crippen LogP contribution in [-0.2, 0) is 17.8 Å². The quantitative estimate of drug-likeness (QED) is 0.329. The van der Waals surface area contributed by atoms with Gasteiger partial charge in [0.15, 0.2) is 5.96 Å². The lowest BCUT2D eigenvalue weighted by atomic mass is 10.1. The Hall–Kier alpha value is -2.00. The standard InChI is InChI=1S/C23H32N4O2.HI/c1-17-5-8-19(22(13-17)29-21-11-12-28-16-21)15-26-23(24-2)25-14-18-6-9-20(10-7-18)27(3)4;/h5-10,13,21H,11-12,14-16H2,1-4H3,(H2,24,25,26);1H. The van der Waals surface area contributed by atoms with Crippen molar-refractivity contribution in [1.29, 1.82) is 0 Å². The highest BCUT2D eigenvalue weighted by Gasteiger charge is 2.18. The average Bonchev–Trinajstić information content (AvgIpc) is 3.23. The van der Waals surface area contributed by atoms with Crippen LogP contribution in [-0.4, -0.2) is 46.4 Å². The van der Waals surface area contributed by atoms with Crippen molar-refractivity contribution in [2.45, 2.75) is 32.5 Å². The highest BCUT2D eigenvalue weighted by Crippen LogP contribution is 2.23. The molecule has 1 atom stereocenters. The molecule has 2 N–H and O–H groups in total. The highest BCUT2D eigenvalue weighted by atomic mass is 127. The number of halogens is 1. The number of benzene rings is 2. The number of aryl methyl sites for hydroxylation is 1. The molecule has 1 aliphatic rings. The minimum Gasteiger partial charge on any atom is -0.488 e. The van der Waals surface area contributed by atoms with Crippen molar-refractivity contribution in [3.05, 3.63) is 59.2 Å². The van der Waals surface area contributed by atoms with Gasteiger partial charge in [-0.25, -0.2) is 0 Å². The summed E-state index contributed by atoms with van der Waals surface area (Å²) >= 11 is 0. The van der Waals surface area contributed by atoms with Gasteiger partial charge in [0.1, 0.15) is 11.9 Å². The van der Waals surface area contributed by atoms with E-state index >= 15 is 0 Å². The first kappa shape index (κ1) is 24.3. The van der Waals surface area contributed by atoms with Crippen LogP contribution >= 0.6 is 24.0 Å². The van der Waals surface area contributed by atoms with E-state index in [-0.39, 0.29) is 30.1 Å². The van der Waals surface area contributed by atoms with Gasteiger partial charge in [0.05, 0.1) is 13.2 Å². The Kier molecular flexibility index (Phi) is 9.71. The number of aliphatic imine (C=N–C) groups is 1. The molecule has 0 bridgehead atoms. The van der Waals surface area contributed by atoms with Crippen LogP contribution in [0.3, 0.4) is 0 Å². The zero-order valence-electron chi connectivity index (χ0n) is 18.3. The monoisotopic (exact) mass is 524 g/mol. The van der Waals surface area contributed by atoms with Crippen LogP contribution in [0.1, 0.15) is 23.1 Å². The molecule has 0 aromatic heterocycles. The van der Waals surface area contributed by atoms with E-state index in [1.54, 1.807) is 7.05 Å². The molecule has 7 heteroatoms. The lowest BCUT2D eigenvalue weighted by Crippen LogP contribution is -2.36. The number of rotatable bonds is 7. The van der Waals surface area contributed by atoms with Gasteiger partial charge in [0, 0.05) is 51.9 Å². The lowest BCUT2D eigenvalue weighted by molar-refractivity contribution is 0.140. The number of hydrogen-bond acceptors (Lipinski definition) is 4. The molecule has 164 valence electrons. The fourth-order valence-electron chi connectivity index (χ4n) is 3.20. The van der Waals surface area contributed by atoms with Gasteiger partial charge in [-0.3, -0.25) is 4.99 Å². The first-order valence-corrected chi connectivity index (χ1v) is 10.1. The van der Waals surface area contributed by atoms with E-state index in [9.17, 15) is 0 Å². The normalized spacial score (nSPS) is 16.0. The zero-order chi connectivity index (χ0) is 20.6. The fourth-order valence-corrected chi connectivity index (χ4v) is 3.20. The molecule has 1 aliphatic heterocycles. The first-order chi connectivity index (χ1) is 14.0. The van der Waals surface area contributed by atoms with Crippen LogP contribution in [0.25, 0.3) is 0 Å². The molecule has 1 heterocycles. The van der Waals surface area contributed by atoms with E-state index in [2.05, 4.69) is 69.9 Å². The summed E-state index contributed by atoms with van der Waals surface area (Å²) in [5.74, 6) is 1.68. The molecular formula is C23H33IN4O2. The fraction of sp³-hybridized carbons (Fsp3) is 0.435. The largest absolute Gasteiger partial charge is 0.488 e. The van der Waals surface area contributed by atoms with Crippen LogP contribution in [0, 0.1) is 6.92 Å². The van der Waals surface area contributed by atoms with Gasteiger partial charge in [-0.15, -0.1) is 24.0 Å². The number of nitrogens with zero attached hydrogens (tertiary/aromatic N) is 2. The summed E-state index contributed by atoms with van der Waals surface area (Å²) in [6.07, 6.45) is 1.08. The molecule has 0 radical (unpaired) electrons. The summed E-state index contributed by atoms with van der Waals surface area (Å²) < 4.78 is 11.6. The first-order valence-electron chi connectivity index (χ1n) is 10.1. The maximum Gasteiger partial charge on any atom is 0.191 e. The van der Waals surface area contributed by atoms with Gasteiger partial charge < -0.3 is 25.0 Å². The zero-order valence-corrected chi connectivity index (χ0v) is 20.6. The molecule has 30 heavy (non-hydrogen) atoms. The third-order valence-electron chi connectivity index (χ3n) is 4.99. The summed E-state index contributed by atoms with van der Waals surface area (Å²) in [6.45, 7) is 4.87. The predicted octanol–water partition coefficient (Wildman–Crippen LogP) is 3.71. The number of ether oxygens (including phenoxy) is 2. The van der Waals surface area contributed by atoms with Crippen molar-refractivity contribution in [3.63, 3.8) is 0 Å². The van der Waals surface area contributed by atoms with Crippen LogP contribution in [0.5, 0.6) is 5.75 Å². The molecule has 2 aromatic rings. The Labute approximate surface area is 197 Å². The van der Waals surface area contributed by atoms with Crippen molar-refractivity contribution in [3.8, 4) is 5.75 Å². The van der Waals surface area contributed by atoms with Gasteiger partial charge in [0.2, 0.25) is 0 Å². The van der Waals surface area contributed by atoms with Gasteiger partial charge >= 0.3 is 0 Å². The second kappa shape index (κ2) is 12.0. The van der Waals surface area contributed by atoms with E-state index in [0.717, 1.165) is 30.3 Å². The minimum atomic E-state index is 0. The maximum atomic E-state index is 6.18. The van der Waals surface area contributed by atoms with Crippen molar-refractivity contribution in [1.82, 2.24) is 10.6 Å². The van der Waals surface area contributed by atoms with Gasteiger partial charge in [0.25, 0.3) is 0 Å². The molecule has 6 nitrogen and oxygen atoms in total. The summed E-state index contributed by atoms with van der Waals surface area (Å²) in [5.41, 5.74) is 4.70. The van der Waals surface area contributed by atoms with E-state index < -0.39 is 0 Å². The topological polar surface area (TPSA) is 58.1 Å². The summed E-state index contributed by atoms with van der Waals surface area (Å²) in [6, 6.07) is 14.8. The Morgan fingerprint density at radius 1 is 1.13 bits per heavy atom. The molecule has 0 spiro atoms. The summed E-state index contributed by atoms with van der Waals surface area (Å²) in [5, 5.41) is 6.76. The van der Waals surface area contributed by atoms with Crippen LogP contribution < -0.4 is 20.3 Å². The Morgan fingerprint density at radius 3 is 2.50 bits per heavy atom. The minimum absolute atomic E-state index is 0. The molecule has 0 saturated carbocycles. The smallest absolute Gasteiger partial charge is 0.191 e. The van der Waals surface area contributed by atoms with Gasteiger partial charge in [-0.1, -0.05) is 24.3 Å². The van der Waals surface area contributed by atoms with E-state index in [1.165, 1.54) is 16.8 Å². The molecule has 0 aliphatic carbocycles. The van der Waals surface area contributed by atoms with Crippen molar-refractivity contribution in [2.75, 3.05) is 39.3 Å². The summed E-state index contributed by atoms with van der Waals surface area (Å²) in [4.78, 5) is 6.43. The molecule has 1 unspecified atom stereocenters. The Morgan fingerprint density at radius 2 is 1.87 bits per heavy atom. The van der Waals surface area contributed by atoms with E-state index in [0.29, 0.717) is 19.7 Å². The second-order valence-corrected chi connectivity index (χ2v) is 7.55. The summed E-state index contributed by atoms with van der Waals surface area (Å²) in [7, 11) is 5.87. The van der Waals surface area contributed by atoms with E-state index in [4.69, 9.17) is 9.47 Å². The highest BCUT2D eigenvalue weighted by molar-refractivity contribution is 14.0. The molecule has 0 amide bonds. The number of nitrogens with one attached hydrogen (secondary N) is 2. The average molecular weight is 524 g/mol. The molecule has 2 aromatic carbocycles. The molecule has 3 rings (SSSR count). The molecule has 1 fully saturated rings. The number of hydrogen-bond donors (Lipinski definition) is 2. The lowest BCUT2D eigenvalue weighted by Gasteiger charge is -2.18.